The van der Waals surface area contributed by atoms with Crippen LogP contribution in [0, 0.1) is 28.1 Å². The third-order valence-electron chi connectivity index (χ3n) is 14.0. The Bertz CT molecular complexity index is 1750. The summed E-state index contributed by atoms with van der Waals surface area (Å²) in [6.45, 7) is 17.8. The molecule has 2 saturated heterocycles. The molecule has 2 aromatic carbocycles. The number of benzene rings is 2. The van der Waals surface area contributed by atoms with Gasteiger partial charge in [0.1, 0.15) is 6.10 Å². The van der Waals surface area contributed by atoms with Crippen molar-refractivity contribution in [3.63, 3.8) is 0 Å². The van der Waals surface area contributed by atoms with Crippen molar-refractivity contribution in [2.75, 3.05) is 6.61 Å². The molecular weight excluding hydrogens is 644 g/mol. The largest absolute Gasteiger partial charge is 0.456 e. The van der Waals surface area contributed by atoms with Crippen LogP contribution >= 0.6 is 0 Å². The number of hydrogen-bond donors (Lipinski definition) is 1. The zero-order valence-corrected chi connectivity index (χ0v) is 31.5. The predicted molar refractivity (Wildman–Crippen MR) is 192 cm³/mol. The van der Waals surface area contributed by atoms with E-state index >= 15 is 4.79 Å². The van der Waals surface area contributed by atoms with Crippen molar-refractivity contribution in [1.82, 2.24) is 0 Å². The maximum atomic E-state index is 15.5. The number of ketones is 1. The van der Waals surface area contributed by atoms with Crippen molar-refractivity contribution in [2.45, 2.75) is 129 Å². The second-order valence-corrected chi connectivity index (χ2v) is 17.7. The molecule has 0 radical (unpaired) electrons. The summed E-state index contributed by atoms with van der Waals surface area (Å²) in [5.74, 6) is -2.56. The number of ether oxygens (including phenoxy) is 4. The molecule has 3 aliphatic carbocycles. The Hall–Kier alpha value is -3.33. The smallest absolute Gasteiger partial charge is 0.336 e. The molecule has 274 valence electrons. The summed E-state index contributed by atoms with van der Waals surface area (Å²) in [4.78, 5) is 42.8. The van der Waals surface area contributed by atoms with E-state index in [2.05, 4.69) is 13.8 Å². The lowest BCUT2D eigenvalue weighted by Crippen LogP contribution is -2.73. The van der Waals surface area contributed by atoms with Crippen molar-refractivity contribution in [2.24, 2.45) is 28.1 Å². The lowest BCUT2D eigenvalue weighted by atomic mass is 9.38. The van der Waals surface area contributed by atoms with Crippen molar-refractivity contribution in [3.8, 4) is 0 Å². The van der Waals surface area contributed by atoms with E-state index < -0.39 is 63.6 Å². The Morgan fingerprint density at radius 1 is 0.882 bits per heavy atom. The Morgan fingerprint density at radius 2 is 1.49 bits per heavy atom. The van der Waals surface area contributed by atoms with Gasteiger partial charge in [-0.25, -0.2) is 4.79 Å². The maximum absolute atomic E-state index is 15.5. The molecule has 8 nitrogen and oxygen atoms in total. The quantitative estimate of drug-likeness (QED) is 0.261. The van der Waals surface area contributed by atoms with Gasteiger partial charge in [-0.1, -0.05) is 95.3 Å². The van der Waals surface area contributed by atoms with Gasteiger partial charge in [0, 0.05) is 41.4 Å². The molecule has 4 fully saturated rings. The summed E-state index contributed by atoms with van der Waals surface area (Å²) < 4.78 is 25.2. The zero-order valence-electron chi connectivity index (χ0n) is 31.5. The Balaban J connectivity index is 1.42. The van der Waals surface area contributed by atoms with Gasteiger partial charge in [0.05, 0.1) is 23.9 Å². The molecule has 1 N–H and O–H groups in total. The molecule has 2 unspecified atom stereocenters. The number of fused-ring (bicyclic) bond motifs is 5. The highest BCUT2D eigenvalue weighted by Gasteiger charge is 2.74. The van der Waals surface area contributed by atoms with Gasteiger partial charge in [-0.15, -0.1) is 0 Å². The lowest BCUT2D eigenvalue weighted by Gasteiger charge is -2.69. The van der Waals surface area contributed by atoms with Crippen LogP contribution in [-0.4, -0.2) is 65.1 Å². The number of Topliss-reactive ketones (excluding diaryl/α,β-unsaturated/α-hetero) is 1. The maximum Gasteiger partial charge on any atom is 0.336 e. The van der Waals surface area contributed by atoms with Crippen LogP contribution in [0.1, 0.15) is 105 Å². The first kappa shape index (κ1) is 36.0. The number of aliphatic hydroxyl groups is 1. The van der Waals surface area contributed by atoms with Crippen LogP contribution in [0.3, 0.4) is 0 Å². The van der Waals surface area contributed by atoms with Gasteiger partial charge in [0.15, 0.2) is 18.0 Å². The highest BCUT2D eigenvalue weighted by atomic mass is 16.6. The lowest BCUT2D eigenvalue weighted by molar-refractivity contribution is -0.285. The van der Waals surface area contributed by atoms with E-state index in [0.717, 1.165) is 11.1 Å². The molecule has 2 aromatic rings. The summed E-state index contributed by atoms with van der Waals surface area (Å²) in [6.07, 6.45) is -1.71. The average Bonchev–Trinajstić information content (AvgIpc) is 3.41. The summed E-state index contributed by atoms with van der Waals surface area (Å²) in [5.41, 5.74) is -1.57. The first-order valence-electron chi connectivity index (χ1n) is 18.6. The number of carbonyl (C=O) groups excluding carboxylic acids is 3. The van der Waals surface area contributed by atoms with E-state index in [1.807, 2.05) is 102 Å². The Labute approximate surface area is 302 Å². The molecule has 0 amide bonds. The SMILES string of the molecule is CC(=O)O[C@H]1C(=O)[C@@]2(C)C(C(c3ccccc3)[C@]3(O)C[C@H](OC(=O)[C@@H]4OC(C)(C)C[C@H]4c4ccccc4)C(C)=C1C3(C)C)[C@]1(C)CO[C@@H]1C[C@@H]2C. The minimum atomic E-state index is -1.55. The third kappa shape index (κ3) is 5.29. The van der Waals surface area contributed by atoms with Crippen LogP contribution in [-0.2, 0) is 33.3 Å². The highest BCUT2D eigenvalue weighted by Crippen LogP contribution is 2.70. The standard InChI is InChI=1S/C43H54O8/c1-24-20-31-41(8,23-48-31)36-33(28-18-14-11-15-19-28)43(47)22-30(25(2)32(40(43,6)7)35(49-26(3)44)37(45)42(24,36)9)50-38(46)34-29(21-39(4,5)51-34)27-16-12-10-13-17-27/h10-19,24,29-31,33-36,47H,20-23H2,1-9H3/t24-,29-,30-,31+,33?,34+,35+,36?,41+,42+,43+/m0/s1. The summed E-state index contributed by atoms with van der Waals surface area (Å²) in [5, 5.41) is 13.8. The van der Waals surface area contributed by atoms with E-state index in [4.69, 9.17) is 18.9 Å². The van der Waals surface area contributed by atoms with Gasteiger partial charge in [0.25, 0.3) is 0 Å². The summed E-state index contributed by atoms with van der Waals surface area (Å²) >= 11 is 0. The van der Waals surface area contributed by atoms with Gasteiger partial charge in [-0.2, -0.15) is 0 Å². The monoisotopic (exact) mass is 698 g/mol. The normalized spacial score (nSPS) is 40.9. The van der Waals surface area contributed by atoms with Crippen molar-refractivity contribution < 1.29 is 38.4 Å². The fourth-order valence-corrected chi connectivity index (χ4v) is 11.2. The zero-order chi connectivity index (χ0) is 36.9. The molecule has 2 heterocycles. The van der Waals surface area contributed by atoms with Gasteiger partial charge in [-0.3, -0.25) is 9.59 Å². The Kier molecular flexibility index (Phi) is 8.56. The van der Waals surface area contributed by atoms with Gasteiger partial charge >= 0.3 is 11.9 Å². The molecule has 5 aliphatic rings. The summed E-state index contributed by atoms with van der Waals surface area (Å²) in [6, 6.07) is 19.8. The number of hydrogen-bond acceptors (Lipinski definition) is 8. The van der Waals surface area contributed by atoms with Crippen LogP contribution in [0.4, 0.5) is 0 Å². The van der Waals surface area contributed by atoms with Crippen molar-refractivity contribution in [3.05, 3.63) is 82.9 Å². The minimum absolute atomic E-state index is 0.0883. The molecule has 2 bridgehead atoms. The number of esters is 2. The molecule has 0 aromatic heterocycles. The molecule has 11 atom stereocenters. The van der Waals surface area contributed by atoms with E-state index in [9.17, 15) is 14.7 Å². The first-order valence-corrected chi connectivity index (χ1v) is 18.6. The van der Waals surface area contributed by atoms with E-state index in [-0.39, 0.29) is 36.1 Å². The molecule has 0 spiro atoms. The summed E-state index contributed by atoms with van der Waals surface area (Å²) in [7, 11) is 0. The molecule has 2 aliphatic heterocycles. The van der Waals surface area contributed by atoms with Gasteiger partial charge < -0.3 is 24.1 Å². The van der Waals surface area contributed by atoms with Crippen LogP contribution in [0.15, 0.2) is 71.8 Å². The van der Waals surface area contributed by atoms with Gasteiger partial charge in [-0.05, 0) is 67.7 Å². The third-order valence-corrected chi connectivity index (χ3v) is 14.0. The topological polar surface area (TPSA) is 108 Å². The molecule has 7 rings (SSSR count). The predicted octanol–water partition coefficient (Wildman–Crippen LogP) is 7.09. The fourth-order valence-electron chi connectivity index (χ4n) is 11.2. The number of carbonyl (C=O) groups is 3. The van der Waals surface area contributed by atoms with E-state index in [0.29, 0.717) is 30.6 Å². The van der Waals surface area contributed by atoms with Crippen LogP contribution in [0.25, 0.3) is 0 Å². The molecule has 51 heavy (non-hydrogen) atoms. The minimum Gasteiger partial charge on any atom is -0.456 e. The Morgan fingerprint density at radius 3 is 2.06 bits per heavy atom. The van der Waals surface area contributed by atoms with Crippen molar-refractivity contribution in [1.29, 1.82) is 0 Å². The fraction of sp³-hybridized carbons (Fsp3) is 0.605. The number of rotatable bonds is 5. The van der Waals surface area contributed by atoms with Crippen LogP contribution in [0.5, 0.6) is 0 Å². The average molecular weight is 699 g/mol. The molecule has 2 saturated carbocycles. The van der Waals surface area contributed by atoms with Gasteiger partial charge in [0.2, 0.25) is 0 Å². The molecule has 8 heteroatoms. The van der Waals surface area contributed by atoms with E-state index in [1.54, 1.807) is 0 Å². The van der Waals surface area contributed by atoms with E-state index in [1.165, 1.54) is 6.92 Å². The highest BCUT2D eigenvalue weighted by molar-refractivity contribution is 5.94. The second-order valence-electron chi connectivity index (χ2n) is 17.7. The van der Waals surface area contributed by atoms with Crippen LogP contribution in [0.2, 0.25) is 0 Å². The molecular formula is C43H54O8. The van der Waals surface area contributed by atoms with Crippen molar-refractivity contribution >= 4 is 17.7 Å². The second kappa shape index (κ2) is 12.1. The van der Waals surface area contributed by atoms with Crippen LogP contribution < -0.4 is 0 Å². The first-order chi connectivity index (χ1) is 23.9.